The molecule has 2 aromatic carbocycles. The number of carbonyl (C=O) groups excluding carboxylic acids is 2. The smallest absolute Gasteiger partial charge is 0.338 e. The lowest BCUT2D eigenvalue weighted by Crippen LogP contribution is -2.36. The lowest BCUT2D eigenvalue weighted by atomic mass is 10.2. The molecule has 1 atom stereocenters. The molecule has 2 rings (SSSR count). The Balaban J connectivity index is 1.86. The van der Waals surface area contributed by atoms with Gasteiger partial charge in [-0.15, -0.1) is 0 Å². The zero-order valence-electron chi connectivity index (χ0n) is 14.5. The quantitative estimate of drug-likeness (QED) is 0.748. The summed E-state index contributed by atoms with van der Waals surface area (Å²) in [5, 5.41) is 2.69. The monoisotopic (exact) mass is 341 g/mol. The lowest BCUT2D eigenvalue weighted by molar-refractivity contribution is -0.129. The van der Waals surface area contributed by atoms with Crippen molar-refractivity contribution in [3.63, 3.8) is 0 Å². The fraction of sp³-hybridized carbons (Fsp3) is 0.300. The van der Waals surface area contributed by atoms with Crippen LogP contribution in [-0.4, -0.2) is 24.5 Å². The Morgan fingerprint density at radius 1 is 1.04 bits per heavy atom. The van der Waals surface area contributed by atoms with Gasteiger partial charge in [-0.2, -0.15) is 0 Å². The maximum Gasteiger partial charge on any atom is 0.338 e. The van der Waals surface area contributed by atoms with Crippen molar-refractivity contribution in [2.24, 2.45) is 0 Å². The third kappa shape index (κ3) is 5.95. The highest BCUT2D eigenvalue weighted by Crippen LogP contribution is 2.15. The van der Waals surface area contributed by atoms with Crippen LogP contribution in [0.1, 0.15) is 36.2 Å². The molecule has 0 unspecified atom stereocenters. The number of carbonyl (C=O) groups is 2. The van der Waals surface area contributed by atoms with E-state index in [1.807, 2.05) is 37.3 Å². The second-order valence-electron chi connectivity index (χ2n) is 5.64. The second-order valence-corrected chi connectivity index (χ2v) is 5.64. The molecule has 1 amide bonds. The van der Waals surface area contributed by atoms with Crippen LogP contribution in [0, 0.1) is 0 Å². The highest BCUT2D eigenvalue weighted by molar-refractivity contribution is 5.92. The zero-order chi connectivity index (χ0) is 18.1. The average Bonchev–Trinajstić information content (AvgIpc) is 2.65. The highest BCUT2D eigenvalue weighted by Gasteiger charge is 2.18. The van der Waals surface area contributed by atoms with Crippen molar-refractivity contribution in [3.05, 3.63) is 65.7 Å². The van der Waals surface area contributed by atoms with Gasteiger partial charge in [-0.3, -0.25) is 4.79 Å². The van der Waals surface area contributed by atoms with Gasteiger partial charge in [0.15, 0.2) is 6.10 Å². The van der Waals surface area contributed by atoms with Crippen LogP contribution in [-0.2, 0) is 16.1 Å². The molecule has 25 heavy (non-hydrogen) atoms. The van der Waals surface area contributed by atoms with E-state index in [4.69, 9.17) is 9.47 Å². The third-order valence-electron chi connectivity index (χ3n) is 3.54. The van der Waals surface area contributed by atoms with Gasteiger partial charge in [-0.05, 0) is 43.2 Å². The predicted octanol–water partition coefficient (Wildman–Crippen LogP) is 3.34. The molecule has 2 aromatic rings. The molecule has 5 nitrogen and oxygen atoms in total. The van der Waals surface area contributed by atoms with Crippen molar-refractivity contribution in [1.29, 1.82) is 0 Å². The van der Waals surface area contributed by atoms with Crippen molar-refractivity contribution >= 4 is 11.9 Å². The van der Waals surface area contributed by atoms with E-state index in [9.17, 15) is 9.59 Å². The first-order valence-corrected chi connectivity index (χ1v) is 8.35. The molecule has 0 saturated heterocycles. The van der Waals surface area contributed by atoms with E-state index in [0.29, 0.717) is 24.5 Å². The number of esters is 1. The molecule has 5 heteroatoms. The fourth-order valence-electron chi connectivity index (χ4n) is 2.10. The molecule has 0 bridgehead atoms. The van der Waals surface area contributed by atoms with E-state index in [-0.39, 0.29) is 5.91 Å². The normalized spacial score (nSPS) is 11.4. The van der Waals surface area contributed by atoms with Crippen LogP contribution < -0.4 is 10.1 Å². The minimum absolute atomic E-state index is 0.294. The van der Waals surface area contributed by atoms with Gasteiger partial charge in [0.05, 0.1) is 5.56 Å². The molecule has 0 saturated carbocycles. The molecule has 0 aliphatic rings. The van der Waals surface area contributed by atoms with E-state index in [0.717, 1.165) is 12.0 Å². The summed E-state index contributed by atoms with van der Waals surface area (Å²) < 4.78 is 10.8. The lowest BCUT2D eigenvalue weighted by Gasteiger charge is -2.13. The molecular weight excluding hydrogens is 318 g/mol. The van der Waals surface area contributed by atoms with Gasteiger partial charge in [0, 0.05) is 6.54 Å². The first-order chi connectivity index (χ1) is 12.1. The Morgan fingerprint density at radius 2 is 1.72 bits per heavy atom. The number of hydrogen-bond donors (Lipinski definition) is 1. The minimum Gasteiger partial charge on any atom is -0.489 e. The molecule has 1 N–H and O–H groups in total. The van der Waals surface area contributed by atoms with E-state index < -0.39 is 12.1 Å². The van der Waals surface area contributed by atoms with E-state index in [1.165, 1.54) is 0 Å². The third-order valence-corrected chi connectivity index (χ3v) is 3.54. The summed E-state index contributed by atoms with van der Waals surface area (Å²) in [6.45, 7) is 4.53. The Hall–Kier alpha value is -2.82. The van der Waals surface area contributed by atoms with E-state index in [1.54, 1.807) is 31.2 Å². The SMILES string of the molecule is CCCNC(=O)[C@@H](C)OC(=O)c1ccc(OCc2ccccc2)cc1. The van der Waals surface area contributed by atoms with E-state index in [2.05, 4.69) is 5.32 Å². The number of rotatable bonds is 8. The summed E-state index contributed by atoms with van der Waals surface area (Å²) in [5.41, 5.74) is 1.44. The van der Waals surface area contributed by atoms with Crippen LogP contribution in [0.5, 0.6) is 5.75 Å². The number of hydrogen-bond acceptors (Lipinski definition) is 4. The molecule has 0 fully saturated rings. The number of ether oxygens (including phenoxy) is 2. The van der Waals surface area contributed by atoms with Crippen LogP contribution in [0.4, 0.5) is 0 Å². The van der Waals surface area contributed by atoms with Gasteiger partial charge in [0.25, 0.3) is 5.91 Å². The minimum atomic E-state index is -0.826. The predicted molar refractivity (Wildman–Crippen MR) is 95.4 cm³/mol. The van der Waals surface area contributed by atoms with Crippen LogP contribution >= 0.6 is 0 Å². The van der Waals surface area contributed by atoms with Gasteiger partial charge in [0.1, 0.15) is 12.4 Å². The molecule has 0 aliphatic heterocycles. The summed E-state index contributed by atoms with van der Waals surface area (Å²) >= 11 is 0. The molecule has 0 aromatic heterocycles. The standard InChI is InChI=1S/C20H23NO4/c1-3-13-21-19(22)15(2)25-20(23)17-9-11-18(12-10-17)24-14-16-7-5-4-6-8-16/h4-12,15H,3,13-14H2,1-2H3,(H,21,22)/t15-/m1/s1. The van der Waals surface area contributed by atoms with Crippen molar-refractivity contribution in [3.8, 4) is 5.75 Å². The highest BCUT2D eigenvalue weighted by atomic mass is 16.5. The molecule has 0 radical (unpaired) electrons. The summed E-state index contributed by atoms with van der Waals surface area (Å²) in [4.78, 5) is 23.8. The first-order valence-electron chi connectivity index (χ1n) is 8.35. The Kier molecular flexibility index (Phi) is 7.01. The summed E-state index contributed by atoms with van der Waals surface area (Å²) in [6.07, 6.45) is 0.00434. The van der Waals surface area contributed by atoms with Gasteiger partial charge < -0.3 is 14.8 Å². The molecule has 132 valence electrons. The van der Waals surface area contributed by atoms with Crippen molar-refractivity contribution < 1.29 is 19.1 Å². The van der Waals surface area contributed by atoms with Crippen molar-refractivity contribution in [1.82, 2.24) is 5.32 Å². The topological polar surface area (TPSA) is 64.6 Å². The Morgan fingerprint density at radius 3 is 2.36 bits per heavy atom. The number of nitrogens with one attached hydrogen (secondary N) is 1. The molecule has 0 spiro atoms. The summed E-state index contributed by atoms with van der Waals surface area (Å²) in [7, 11) is 0. The maximum atomic E-state index is 12.1. The van der Waals surface area contributed by atoms with Crippen LogP contribution in [0.25, 0.3) is 0 Å². The van der Waals surface area contributed by atoms with Gasteiger partial charge >= 0.3 is 5.97 Å². The van der Waals surface area contributed by atoms with Crippen LogP contribution in [0.15, 0.2) is 54.6 Å². The summed E-state index contributed by atoms with van der Waals surface area (Å²) in [5.74, 6) is -0.166. The zero-order valence-corrected chi connectivity index (χ0v) is 14.5. The fourth-order valence-corrected chi connectivity index (χ4v) is 2.10. The number of benzene rings is 2. The largest absolute Gasteiger partial charge is 0.489 e. The van der Waals surface area contributed by atoms with Crippen LogP contribution in [0.2, 0.25) is 0 Å². The maximum absolute atomic E-state index is 12.1. The Bertz CT molecular complexity index is 683. The van der Waals surface area contributed by atoms with E-state index >= 15 is 0 Å². The molecule has 0 aliphatic carbocycles. The van der Waals surface area contributed by atoms with Crippen molar-refractivity contribution in [2.75, 3.05) is 6.54 Å². The van der Waals surface area contributed by atoms with Gasteiger partial charge in [-0.1, -0.05) is 37.3 Å². The molecule has 0 heterocycles. The number of amides is 1. The molecular formula is C20H23NO4. The van der Waals surface area contributed by atoms with Crippen LogP contribution in [0.3, 0.4) is 0 Å². The van der Waals surface area contributed by atoms with Gasteiger partial charge in [-0.25, -0.2) is 4.79 Å². The Labute approximate surface area is 148 Å². The second kappa shape index (κ2) is 9.47. The summed E-state index contributed by atoms with van der Waals surface area (Å²) in [6, 6.07) is 16.5. The van der Waals surface area contributed by atoms with Crippen molar-refractivity contribution in [2.45, 2.75) is 33.0 Å². The average molecular weight is 341 g/mol. The van der Waals surface area contributed by atoms with Gasteiger partial charge in [0.2, 0.25) is 0 Å². The first kappa shape index (κ1) is 18.5.